The number of rotatable bonds is 8. The molecule has 0 spiro atoms. The van der Waals surface area contributed by atoms with Crippen molar-refractivity contribution in [3.8, 4) is 11.5 Å². The predicted octanol–water partition coefficient (Wildman–Crippen LogP) is 4.29. The van der Waals surface area contributed by atoms with Crippen molar-refractivity contribution in [2.24, 2.45) is 0 Å². The number of nitrogens with one attached hydrogen (secondary N) is 1. The maximum atomic E-state index is 12.6. The molecule has 1 heterocycles. The molecule has 0 radical (unpaired) electrons. The molecule has 3 aromatic rings. The monoisotopic (exact) mass is 379 g/mol. The Labute approximate surface area is 165 Å². The van der Waals surface area contributed by atoms with Gasteiger partial charge in [0.2, 0.25) is 0 Å². The van der Waals surface area contributed by atoms with Crippen LogP contribution in [0, 0.1) is 6.92 Å². The summed E-state index contributed by atoms with van der Waals surface area (Å²) in [6.07, 6.45) is 3.47. The Morgan fingerprint density at radius 2 is 1.82 bits per heavy atom. The molecule has 0 bridgehead atoms. The van der Waals surface area contributed by atoms with Crippen LogP contribution in [0.15, 0.2) is 54.9 Å². The SMILES string of the molecule is CCOc1ccc(C(=O)Nc2cnn(Cc3ccccc3C)c2)cc1OCC. The highest BCUT2D eigenvalue weighted by atomic mass is 16.5. The van der Waals surface area contributed by atoms with E-state index in [0.29, 0.717) is 42.5 Å². The molecule has 0 aliphatic carbocycles. The summed E-state index contributed by atoms with van der Waals surface area (Å²) in [6.45, 7) is 7.56. The van der Waals surface area contributed by atoms with Crippen LogP contribution in [0.2, 0.25) is 0 Å². The number of aromatic nitrogens is 2. The quantitative estimate of drug-likeness (QED) is 0.634. The Bertz CT molecular complexity index is 950. The topological polar surface area (TPSA) is 65.4 Å². The number of amides is 1. The molecule has 0 saturated heterocycles. The zero-order valence-electron chi connectivity index (χ0n) is 16.4. The third kappa shape index (κ3) is 4.71. The van der Waals surface area contributed by atoms with Gasteiger partial charge < -0.3 is 14.8 Å². The third-order valence-electron chi connectivity index (χ3n) is 4.29. The Balaban J connectivity index is 1.70. The Kier molecular flexibility index (Phi) is 6.32. The highest BCUT2D eigenvalue weighted by Gasteiger charge is 2.13. The fourth-order valence-corrected chi connectivity index (χ4v) is 2.87. The smallest absolute Gasteiger partial charge is 0.255 e. The van der Waals surface area contributed by atoms with E-state index in [-0.39, 0.29) is 5.91 Å². The van der Waals surface area contributed by atoms with Crippen molar-refractivity contribution < 1.29 is 14.3 Å². The van der Waals surface area contributed by atoms with Gasteiger partial charge in [0.25, 0.3) is 5.91 Å². The second-order valence-corrected chi connectivity index (χ2v) is 6.33. The number of hydrogen-bond acceptors (Lipinski definition) is 4. The number of benzene rings is 2. The van der Waals surface area contributed by atoms with Crippen LogP contribution in [-0.4, -0.2) is 28.9 Å². The lowest BCUT2D eigenvalue weighted by Gasteiger charge is -2.12. The molecule has 0 fully saturated rings. The van der Waals surface area contributed by atoms with E-state index in [2.05, 4.69) is 29.5 Å². The van der Waals surface area contributed by atoms with Gasteiger partial charge in [-0.25, -0.2) is 0 Å². The minimum absolute atomic E-state index is 0.223. The van der Waals surface area contributed by atoms with E-state index in [1.807, 2.05) is 36.9 Å². The van der Waals surface area contributed by atoms with E-state index in [1.165, 1.54) is 11.1 Å². The van der Waals surface area contributed by atoms with Crippen molar-refractivity contribution in [2.75, 3.05) is 18.5 Å². The van der Waals surface area contributed by atoms with Crippen LogP contribution >= 0.6 is 0 Å². The average molecular weight is 379 g/mol. The molecular formula is C22H25N3O3. The number of ether oxygens (including phenoxy) is 2. The molecule has 6 nitrogen and oxygen atoms in total. The van der Waals surface area contributed by atoms with Gasteiger partial charge in [-0.1, -0.05) is 24.3 Å². The second kappa shape index (κ2) is 9.08. The van der Waals surface area contributed by atoms with E-state index >= 15 is 0 Å². The first-order chi connectivity index (χ1) is 13.6. The predicted molar refractivity (Wildman–Crippen MR) is 109 cm³/mol. The van der Waals surface area contributed by atoms with Crippen LogP contribution in [0.4, 0.5) is 5.69 Å². The van der Waals surface area contributed by atoms with Crippen LogP contribution in [0.5, 0.6) is 11.5 Å². The molecular weight excluding hydrogens is 354 g/mol. The first-order valence-corrected chi connectivity index (χ1v) is 9.38. The summed E-state index contributed by atoms with van der Waals surface area (Å²) in [7, 11) is 0. The van der Waals surface area contributed by atoms with Gasteiger partial charge in [0.05, 0.1) is 31.6 Å². The Morgan fingerprint density at radius 3 is 2.57 bits per heavy atom. The van der Waals surface area contributed by atoms with Gasteiger partial charge in [-0.3, -0.25) is 9.48 Å². The molecule has 1 N–H and O–H groups in total. The summed E-state index contributed by atoms with van der Waals surface area (Å²) in [5.74, 6) is 0.971. The van der Waals surface area contributed by atoms with Crippen molar-refractivity contribution >= 4 is 11.6 Å². The van der Waals surface area contributed by atoms with Crippen molar-refractivity contribution in [1.82, 2.24) is 9.78 Å². The van der Waals surface area contributed by atoms with Gasteiger partial charge in [-0.15, -0.1) is 0 Å². The molecule has 2 aromatic carbocycles. The van der Waals surface area contributed by atoms with E-state index < -0.39 is 0 Å². The minimum atomic E-state index is -0.223. The highest BCUT2D eigenvalue weighted by molar-refractivity contribution is 6.04. The van der Waals surface area contributed by atoms with E-state index in [0.717, 1.165) is 0 Å². The minimum Gasteiger partial charge on any atom is -0.490 e. The molecule has 3 rings (SSSR count). The molecule has 0 atom stereocenters. The Hall–Kier alpha value is -3.28. The lowest BCUT2D eigenvalue weighted by molar-refractivity contribution is 0.102. The highest BCUT2D eigenvalue weighted by Crippen LogP contribution is 2.28. The lowest BCUT2D eigenvalue weighted by atomic mass is 10.1. The van der Waals surface area contributed by atoms with Crippen molar-refractivity contribution in [3.63, 3.8) is 0 Å². The van der Waals surface area contributed by atoms with Crippen LogP contribution in [0.1, 0.15) is 35.3 Å². The zero-order chi connectivity index (χ0) is 19.9. The number of carbonyl (C=O) groups excluding carboxylic acids is 1. The first kappa shape index (κ1) is 19.5. The van der Waals surface area contributed by atoms with Crippen LogP contribution < -0.4 is 14.8 Å². The maximum absolute atomic E-state index is 12.6. The van der Waals surface area contributed by atoms with Gasteiger partial charge in [0.1, 0.15) is 0 Å². The van der Waals surface area contributed by atoms with Crippen LogP contribution in [-0.2, 0) is 6.54 Å². The van der Waals surface area contributed by atoms with Gasteiger partial charge in [0, 0.05) is 11.8 Å². The van der Waals surface area contributed by atoms with Gasteiger partial charge in [-0.2, -0.15) is 5.10 Å². The fourth-order valence-electron chi connectivity index (χ4n) is 2.87. The number of carbonyl (C=O) groups is 1. The maximum Gasteiger partial charge on any atom is 0.255 e. The molecule has 0 aliphatic heterocycles. The molecule has 28 heavy (non-hydrogen) atoms. The van der Waals surface area contributed by atoms with Crippen molar-refractivity contribution in [3.05, 3.63) is 71.5 Å². The van der Waals surface area contributed by atoms with Gasteiger partial charge >= 0.3 is 0 Å². The first-order valence-electron chi connectivity index (χ1n) is 9.38. The van der Waals surface area contributed by atoms with Crippen LogP contribution in [0.25, 0.3) is 0 Å². The van der Waals surface area contributed by atoms with Gasteiger partial charge in [-0.05, 0) is 50.1 Å². The van der Waals surface area contributed by atoms with E-state index in [1.54, 1.807) is 24.4 Å². The molecule has 146 valence electrons. The number of anilines is 1. The summed E-state index contributed by atoms with van der Waals surface area (Å²) in [5, 5.41) is 7.22. The summed E-state index contributed by atoms with van der Waals surface area (Å²) < 4.78 is 12.9. The molecule has 0 saturated carbocycles. The zero-order valence-corrected chi connectivity index (χ0v) is 16.4. The molecule has 0 unspecified atom stereocenters. The summed E-state index contributed by atoms with van der Waals surface area (Å²) in [5.41, 5.74) is 3.54. The number of hydrogen-bond donors (Lipinski definition) is 1. The second-order valence-electron chi connectivity index (χ2n) is 6.33. The van der Waals surface area contributed by atoms with Crippen LogP contribution in [0.3, 0.4) is 0 Å². The van der Waals surface area contributed by atoms with E-state index in [9.17, 15) is 4.79 Å². The standard InChI is InChI=1S/C22H25N3O3/c1-4-27-20-11-10-17(12-21(20)28-5-2)22(26)24-19-13-23-25(15-19)14-18-9-7-6-8-16(18)3/h6-13,15H,4-5,14H2,1-3H3,(H,24,26). The summed E-state index contributed by atoms with van der Waals surface area (Å²) in [4.78, 5) is 12.6. The lowest BCUT2D eigenvalue weighted by Crippen LogP contribution is -2.12. The fraction of sp³-hybridized carbons (Fsp3) is 0.273. The molecule has 1 amide bonds. The van der Waals surface area contributed by atoms with Crippen molar-refractivity contribution in [1.29, 1.82) is 0 Å². The Morgan fingerprint density at radius 1 is 1.07 bits per heavy atom. The number of nitrogens with zero attached hydrogens (tertiary/aromatic N) is 2. The average Bonchev–Trinajstić information content (AvgIpc) is 3.12. The summed E-state index contributed by atoms with van der Waals surface area (Å²) in [6, 6.07) is 13.3. The normalized spacial score (nSPS) is 10.5. The summed E-state index contributed by atoms with van der Waals surface area (Å²) >= 11 is 0. The number of aryl methyl sites for hydroxylation is 1. The van der Waals surface area contributed by atoms with Crippen molar-refractivity contribution in [2.45, 2.75) is 27.3 Å². The molecule has 1 aromatic heterocycles. The molecule has 0 aliphatic rings. The van der Waals surface area contributed by atoms with Gasteiger partial charge in [0.15, 0.2) is 11.5 Å². The third-order valence-corrected chi connectivity index (χ3v) is 4.29. The largest absolute Gasteiger partial charge is 0.490 e. The molecule has 6 heteroatoms. The van der Waals surface area contributed by atoms with E-state index in [4.69, 9.17) is 9.47 Å².